The van der Waals surface area contributed by atoms with E-state index in [9.17, 15) is 13.2 Å². The molecule has 0 radical (unpaired) electrons. The molecule has 3 aromatic heterocycles. The van der Waals surface area contributed by atoms with Gasteiger partial charge in [0.2, 0.25) is 5.91 Å². The summed E-state index contributed by atoms with van der Waals surface area (Å²) < 4.78 is 29.6. The van der Waals surface area contributed by atoms with E-state index in [1.165, 1.54) is 27.0 Å². The zero-order valence-electron chi connectivity index (χ0n) is 20.2. The van der Waals surface area contributed by atoms with Gasteiger partial charge in [0.25, 0.3) is 10.0 Å². The maximum absolute atomic E-state index is 14.2. The lowest BCUT2D eigenvalue weighted by Crippen LogP contribution is -2.52. The van der Waals surface area contributed by atoms with Crippen molar-refractivity contribution in [2.45, 2.75) is 55.8 Å². The number of hydrogen-bond donors (Lipinski definition) is 0. The summed E-state index contributed by atoms with van der Waals surface area (Å²) in [6.45, 7) is 4.80. The number of pyridine rings is 1. The molecule has 7 nitrogen and oxygen atoms in total. The van der Waals surface area contributed by atoms with Gasteiger partial charge >= 0.3 is 0 Å². The molecule has 0 bridgehead atoms. The fourth-order valence-electron chi connectivity index (χ4n) is 4.58. The van der Waals surface area contributed by atoms with Gasteiger partial charge < -0.3 is 0 Å². The quantitative estimate of drug-likeness (QED) is 0.302. The van der Waals surface area contributed by atoms with E-state index in [0.717, 1.165) is 34.3 Å². The highest BCUT2D eigenvalue weighted by Crippen LogP contribution is 2.36. The van der Waals surface area contributed by atoms with Crippen LogP contribution in [0.15, 0.2) is 64.3 Å². The Balaban J connectivity index is 1.57. The third-order valence-electron chi connectivity index (χ3n) is 6.40. The molecule has 0 spiro atoms. The van der Waals surface area contributed by atoms with Gasteiger partial charge in [-0.05, 0) is 54.0 Å². The highest BCUT2D eigenvalue weighted by Gasteiger charge is 2.41. The summed E-state index contributed by atoms with van der Waals surface area (Å²) in [6, 6.07) is 14.2. The number of hydrogen-bond acceptors (Lipinski definition) is 7. The molecule has 1 atom stereocenters. The average molecular weight is 541 g/mol. The van der Waals surface area contributed by atoms with Gasteiger partial charge in [0.15, 0.2) is 5.13 Å². The Bertz CT molecular complexity index is 1450. The number of rotatable bonds is 7. The summed E-state index contributed by atoms with van der Waals surface area (Å²) in [4.78, 5) is 25.2. The number of thiazole rings is 1. The van der Waals surface area contributed by atoms with E-state index in [1.807, 2.05) is 30.3 Å². The molecule has 1 aromatic carbocycles. The largest absolute Gasteiger partial charge is 0.281 e. The number of para-hydroxylation sites is 1. The van der Waals surface area contributed by atoms with Crippen LogP contribution in [0.5, 0.6) is 0 Å². The van der Waals surface area contributed by atoms with Gasteiger partial charge in [-0.15, -0.1) is 11.3 Å². The van der Waals surface area contributed by atoms with Crippen molar-refractivity contribution in [1.82, 2.24) is 14.3 Å². The molecule has 0 N–H and O–H groups in total. The van der Waals surface area contributed by atoms with Crippen LogP contribution in [0.3, 0.4) is 0 Å². The number of fused-ring (bicyclic) bond motifs is 1. The molecule has 1 amide bonds. The van der Waals surface area contributed by atoms with Gasteiger partial charge in [0.05, 0.1) is 22.5 Å². The van der Waals surface area contributed by atoms with Crippen molar-refractivity contribution < 1.29 is 13.2 Å². The van der Waals surface area contributed by atoms with Crippen LogP contribution in [0.2, 0.25) is 0 Å². The average Bonchev–Trinajstić information content (AvgIpc) is 3.58. The van der Waals surface area contributed by atoms with Gasteiger partial charge in [-0.25, -0.2) is 13.4 Å². The summed E-state index contributed by atoms with van der Waals surface area (Å²) in [6.07, 6.45) is 3.70. The van der Waals surface area contributed by atoms with Crippen LogP contribution in [-0.4, -0.2) is 41.2 Å². The molecule has 10 heteroatoms. The van der Waals surface area contributed by atoms with Gasteiger partial charge in [-0.1, -0.05) is 55.9 Å². The first kappa shape index (κ1) is 25.0. The summed E-state index contributed by atoms with van der Waals surface area (Å²) in [5.41, 5.74) is 2.73. The number of amides is 1. The van der Waals surface area contributed by atoms with Crippen LogP contribution in [-0.2, 0) is 21.4 Å². The normalized spacial score (nSPS) is 17.0. The van der Waals surface area contributed by atoms with Crippen LogP contribution in [0.4, 0.5) is 5.13 Å². The molecule has 5 rings (SSSR count). The van der Waals surface area contributed by atoms with E-state index in [2.05, 4.69) is 24.9 Å². The summed E-state index contributed by atoms with van der Waals surface area (Å²) in [5, 5.41) is 2.31. The standard InChI is InChI=1S/C26H28N4O3S3/c1-18(2)20-10-7-12-22-24(20)28-26(35-22)29(17-19-9-3-5-14-27-19)25(31)21-11-4-6-15-30(21)36(32,33)23-13-8-16-34-23/h3,5,7-10,12-14,16,18,21H,4,6,11,15,17H2,1-2H3. The molecular formula is C26H28N4O3S3. The first-order chi connectivity index (χ1) is 17.4. The number of nitrogens with zero attached hydrogens (tertiary/aromatic N) is 4. The molecule has 1 fully saturated rings. The Labute approximate surface area is 219 Å². The second-order valence-electron chi connectivity index (χ2n) is 9.15. The van der Waals surface area contributed by atoms with Crippen molar-refractivity contribution in [3.8, 4) is 0 Å². The van der Waals surface area contributed by atoms with E-state index in [-0.39, 0.29) is 22.6 Å². The molecule has 4 aromatic rings. The minimum atomic E-state index is -3.77. The van der Waals surface area contributed by atoms with E-state index < -0.39 is 16.1 Å². The molecule has 1 aliphatic heterocycles. The van der Waals surface area contributed by atoms with Crippen molar-refractivity contribution in [2.75, 3.05) is 11.4 Å². The van der Waals surface area contributed by atoms with E-state index in [1.54, 1.807) is 28.6 Å². The smallest absolute Gasteiger partial charge is 0.253 e. The fraction of sp³-hybridized carbons (Fsp3) is 0.346. The number of sulfonamides is 1. The van der Waals surface area contributed by atoms with Crippen LogP contribution in [0, 0.1) is 0 Å². The third kappa shape index (κ3) is 4.82. The Morgan fingerprint density at radius 2 is 2.00 bits per heavy atom. The van der Waals surface area contributed by atoms with Gasteiger partial charge in [0, 0.05) is 12.7 Å². The lowest BCUT2D eigenvalue weighted by molar-refractivity contribution is -0.123. The lowest BCUT2D eigenvalue weighted by Gasteiger charge is -2.35. The van der Waals surface area contributed by atoms with Gasteiger partial charge in [-0.3, -0.25) is 14.7 Å². The highest BCUT2D eigenvalue weighted by molar-refractivity contribution is 7.91. The maximum atomic E-state index is 14.2. The second kappa shape index (κ2) is 10.4. The predicted molar refractivity (Wildman–Crippen MR) is 145 cm³/mol. The van der Waals surface area contributed by atoms with Crippen LogP contribution >= 0.6 is 22.7 Å². The van der Waals surface area contributed by atoms with E-state index >= 15 is 0 Å². The highest BCUT2D eigenvalue weighted by atomic mass is 32.2. The van der Waals surface area contributed by atoms with Crippen molar-refractivity contribution in [1.29, 1.82) is 0 Å². The fourth-order valence-corrected chi connectivity index (χ4v) is 8.35. The molecular weight excluding hydrogens is 513 g/mol. The number of anilines is 1. The molecule has 1 aliphatic rings. The number of thiophene rings is 1. The number of carbonyl (C=O) groups is 1. The zero-order chi connectivity index (χ0) is 25.3. The monoisotopic (exact) mass is 540 g/mol. The van der Waals surface area contributed by atoms with Gasteiger partial charge in [0.1, 0.15) is 10.3 Å². The van der Waals surface area contributed by atoms with E-state index in [4.69, 9.17) is 4.98 Å². The number of benzene rings is 1. The Hall–Kier alpha value is -2.66. The molecule has 36 heavy (non-hydrogen) atoms. The first-order valence-corrected chi connectivity index (χ1v) is 15.2. The van der Waals surface area contributed by atoms with Crippen molar-refractivity contribution in [2.24, 2.45) is 0 Å². The summed E-state index contributed by atoms with van der Waals surface area (Å²) >= 11 is 2.63. The number of carbonyl (C=O) groups excluding carboxylic acids is 1. The van der Waals surface area contributed by atoms with Crippen LogP contribution in [0.1, 0.15) is 50.3 Å². The molecule has 1 unspecified atom stereocenters. The Morgan fingerprint density at radius 3 is 2.72 bits per heavy atom. The van der Waals surface area contributed by atoms with E-state index in [0.29, 0.717) is 18.1 Å². The Morgan fingerprint density at radius 1 is 1.14 bits per heavy atom. The van der Waals surface area contributed by atoms with Crippen LogP contribution < -0.4 is 4.90 Å². The predicted octanol–water partition coefficient (Wildman–Crippen LogP) is 5.65. The Kier molecular flexibility index (Phi) is 7.21. The maximum Gasteiger partial charge on any atom is 0.253 e. The number of aromatic nitrogens is 2. The molecule has 188 valence electrons. The summed E-state index contributed by atoms with van der Waals surface area (Å²) in [7, 11) is -3.77. The SMILES string of the molecule is CC(C)c1cccc2sc(N(Cc3ccccn3)C(=O)C3CCCCN3S(=O)(=O)c3cccs3)nc12. The minimum Gasteiger partial charge on any atom is -0.281 e. The lowest BCUT2D eigenvalue weighted by atomic mass is 10.0. The van der Waals surface area contributed by atoms with Crippen molar-refractivity contribution >= 4 is 54.0 Å². The van der Waals surface area contributed by atoms with Crippen LogP contribution in [0.25, 0.3) is 10.2 Å². The van der Waals surface area contributed by atoms with Crippen molar-refractivity contribution in [3.05, 3.63) is 71.4 Å². The minimum absolute atomic E-state index is 0.222. The first-order valence-electron chi connectivity index (χ1n) is 12.0. The number of piperidine rings is 1. The molecule has 0 saturated carbocycles. The zero-order valence-corrected chi connectivity index (χ0v) is 22.7. The third-order valence-corrected chi connectivity index (χ3v) is 10.7. The second-order valence-corrected chi connectivity index (χ2v) is 13.2. The molecule has 4 heterocycles. The summed E-state index contributed by atoms with van der Waals surface area (Å²) in [5.74, 6) is 0.0269. The molecule has 0 aliphatic carbocycles. The van der Waals surface area contributed by atoms with Crippen molar-refractivity contribution in [3.63, 3.8) is 0 Å². The van der Waals surface area contributed by atoms with Gasteiger partial charge in [-0.2, -0.15) is 4.31 Å². The molecule has 1 saturated heterocycles. The topological polar surface area (TPSA) is 83.5 Å².